The highest BCUT2D eigenvalue weighted by Gasteiger charge is 2.26. The Balaban J connectivity index is 1.72. The summed E-state index contributed by atoms with van der Waals surface area (Å²) in [5.74, 6) is -0.00759. The number of hydrogen-bond acceptors (Lipinski definition) is 4. The Morgan fingerprint density at radius 3 is 3.00 bits per heavy atom. The van der Waals surface area contributed by atoms with E-state index in [1.165, 1.54) is 6.20 Å². The molecule has 8 nitrogen and oxygen atoms in total. The number of nitrogens with zero attached hydrogens (tertiary/aromatic N) is 2. The van der Waals surface area contributed by atoms with Crippen molar-refractivity contribution in [3.63, 3.8) is 0 Å². The average molecular weight is 303 g/mol. The zero-order valence-corrected chi connectivity index (χ0v) is 12.0. The normalized spacial score (nSPS) is 18.4. The lowest BCUT2D eigenvalue weighted by atomic mass is 9.93. The van der Waals surface area contributed by atoms with Gasteiger partial charge in [0.1, 0.15) is 5.56 Å². The number of likely N-dealkylation sites (tertiary alicyclic amines) is 1. The number of carbonyl (C=O) groups is 1. The lowest BCUT2D eigenvalue weighted by Crippen LogP contribution is -2.43. The van der Waals surface area contributed by atoms with Gasteiger partial charge in [0.2, 0.25) is 0 Å². The molecule has 2 aromatic heterocycles. The minimum Gasteiger partial charge on any atom is -0.338 e. The zero-order chi connectivity index (χ0) is 15.5. The Morgan fingerprint density at radius 2 is 2.27 bits per heavy atom. The fourth-order valence-electron chi connectivity index (χ4n) is 2.86. The molecule has 3 heterocycles. The number of amides is 1. The molecule has 1 saturated heterocycles. The largest absolute Gasteiger partial charge is 0.338 e. The van der Waals surface area contributed by atoms with Crippen LogP contribution in [0, 0.1) is 5.92 Å². The quantitative estimate of drug-likeness (QED) is 0.733. The molecule has 1 aliphatic heterocycles. The molecule has 1 fully saturated rings. The van der Waals surface area contributed by atoms with Gasteiger partial charge >= 0.3 is 5.69 Å². The molecule has 1 atom stereocenters. The molecule has 1 amide bonds. The maximum atomic E-state index is 12.4. The summed E-state index contributed by atoms with van der Waals surface area (Å²) >= 11 is 0. The number of aromatic amines is 3. The first-order valence-corrected chi connectivity index (χ1v) is 7.23. The highest BCUT2D eigenvalue weighted by atomic mass is 16.2. The van der Waals surface area contributed by atoms with Crippen LogP contribution in [0.5, 0.6) is 0 Å². The standard InChI is InChI=1S/C14H17N5O3/c20-12-11(7-15-14(22)17-12)13(21)19-5-1-2-9(8-19)6-10-3-4-16-18-10/h3-4,7,9H,1-2,5-6,8H2,(H,16,18)(H2,15,17,20,22)/t9-/m1/s1. The fourth-order valence-corrected chi connectivity index (χ4v) is 2.86. The molecular formula is C14H17N5O3. The van der Waals surface area contributed by atoms with Gasteiger partial charge in [0, 0.05) is 31.2 Å². The SMILES string of the molecule is O=C(c1c[nH]c(=O)[nH]c1=O)N1CCC[C@H](Cc2ccn[nH]2)C1. The first-order valence-electron chi connectivity index (χ1n) is 7.23. The summed E-state index contributed by atoms with van der Waals surface area (Å²) in [6.45, 7) is 1.22. The minimum absolute atomic E-state index is 0.0261. The minimum atomic E-state index is -0.649. The number of hydrogen-bond donors (Lipinski definition) is 3. The highest BCUT2D eigenvalue weighted by Crippen LogP contribution is 2.20. The van der Waals surface area contributed by atoms with Gasteiger partial charge in [-0.3, -0.25) is 19.7 Å². The van der Waals surface area contributed by atoms with Crippen LogP contribution in [0.2, 0.25) is 0 Å². The lowest BCUT2D eigenvalue weighted by Gasteiger charge is -2.32. The van der Waals surface area contributed by atoms with Gasteiger partial charge in [-0.15, -0.1) is 0 Å². The van der Waals surface area contributed by atoms with Crippen LogP contribution in [0.3, 0.4) is 0 Å². The summed E-state index contributed by atoms with van der Waals surface area (Å²) in [7, 11) is 0. The molecule has 0 spiro atoms. The number of nitrogens with one attached hydrogen (secondary N) is 3. The zero-order valence-electron chi connectivity index (χ0n) is 12.0. The van der Waals surface area contributed by atoms with Gasteiger partial charge in [0.15, 0.2) is 0 Å². The highest BCUT2D eigenvalue weighted by molar-refractivity contribution is 5.93. The Hall–Kier alpha value is -2.64. The maximum Gasteiger partial charge on any atom is 0.325 e. The first-order chi connectivity index (χ1) is 10.6. The third-order valence-corrected chi connectivity index (χ3v) is 3.92. The summed E-state index contributed by atoms with van der Waals surface area (Å²) in [4.78, 5) is 41.3. The van der Waals surface area contributed by atoms with Crippen molar-refractivity contribution < 1.29 is 4.79 Å². The van der Waals surface area contributed by atoms with Gasteiger partial charge < -0.3 is 9.88 Å². The summed E-state index contributed by atoms with van der Waals surface area (Å²) < 4.78 is 0. The van der Waals surface area contributed by atoms with Gasteiger partial charge in [-0.05, 0) is 31.2 Å². The number of H-pyrrole nitrogens is 3. The van der Waals surface area contributed by atoms with Crippen molar-refractivity contribution in [2.75, 3.05) is 13.1 Å². The molecule has 0 aromatic carbocycles. The molecule has 116 valence electrons. The van der Waals surface area contributed by atoms with Crippen molar-refractivity contribution >= 4 is 5.91 Å². The number of aromatic nitrogens is 4. The first kappa shape index (κ1) is 14.3. The molecule has 8 heteroatoms. The molecular weight excluding hydrogens is 286 g/mol. The van der Waals surface area contributed by atoms with E-state index in [-0.39, 0.29) is 11.5 Å². The summed E-state index contributed by atoms with van der Waals surface area (Å²) in [5, 5.41) is 6.85. The molecule has 0 saturated carbocycles. The molecule has 3 N–H and O–H groups in total. The van der Waals surface area contributed by atoms with E-state index in [4.69, 9.17) is 0 Å². The van der Waals surface area contributed by atoms with Crippen LogP contribution in [-0.4, -0.2) is 44.1 Å². The van der Waals surface area contributed by atoms with Gasteiger partial charge in [-0.1, -0.05) is 0 Å². The van der Waals surface area contributed by atoms with E-state index < -0.39 is 11.2 Å². The van der Waals surface area contributed by atoms with E-state index in [2.05, 4.69) is 20.2 Å². The molecule has 2 aromatic rings. The van der Waals surface area contributed by atoms with Crippen molar-refractivity contribution in [1.29, 1.82) is 0 Å². The van der Waals surface area contributed by atoms with Crippen molar-refractivity contribution in [1.82, 2.24) is 25.1 Å². The molecule has 0 radical (unpaired) electrons. The second kappa shape index (κ2) is 6.00. The molecule has 1 aliphatic rings. The van der Waals surface area contributed by atoms with Crippen LogP contribution >= 0.6 is 0 Å². The maximum absolute atomic E-state index is 12.4. The third kappa shape index (κ3) is 3.00. The van der Waals surface area contributed by atoms with Crippen LogP contribution < -0.4 is 11.2 Å². The van der Waals surface area contributed by atoms with Gasteiger partial charge in [-0.2, -0.15) is 5.10 Å². The molecule has 0 bridgehead atoms. The molecule has 0 aliphatic carbocycles. The summed E-state index contributed by atoms with van der Waals surface area (Å²) in [6.07, 6.45) is 5.64. The summed E-state index contributed by atoms with van der Waals surface area (Å²) in [5.41, 5.74) is -0.246. The molecule has 0 unspecified atom stereocenters. The Morgan fingerprint density at radius 1 is 1.41 bits per heavy atom. The van der Waals surface area contributed by atoms with E-state index >= 15 is 0 Å². The Labute approximate surface area is 125 Å². The van der Waals surface area contributed by atoms with Crippen LogP contribution in [0.15, 0.2) is 28.0 Å². The lowest BCUT2D eigenvalue weighted by molar-refractivity contribution is 0.0670. The van der Waals surface area contributed by atoms with Crippen LogP contribution in [0.4, 0.5) is 0 Å². The predicted octanol–water partition coefficient (Wildman–Crippen LogP) is -0.119. The predicted molar refractivity (Wildman–Crippen MR) is 78.6 cm³/mol. The molecule has 22 heavy (non-hydrogen) atoms. The van der Waals surface area contributed by atoms with Crippen molar-refractivity contribution in [2.45, 2.75) is 19.3 Å². The monoisotopic (exact) mass is 303 g/mol. The van der Waals surface area contributed by atoms with Gasteiger partial charge in [0.25, 0.3) is 11.5 Å². The van der Waals surface area contributed by atoms with E-state index in [9.17, 15) is 14.4 Å². The molecule has 3 rings (SSSR count). The van der Waals surface area contributed by atoms with Crippen LogP contribution in [-0.2, 0) is 6.42 Å². The number of piperidine rings is 1. The van der Waals surface area contributed by atoms with E-state index in [0.29, 0.717) is 19.0 Å². The fraction of sp³-hybridized carbons (Fsp3) is 0.429. The summed E-state index contributed by atoms with van der Waals surface area (Å²) in [6, 6.07) is 1.92. The van der Waals surface area contributed by atoms with E-state index in [0.717, 1.165) is 25.0 Å². The van der Waals surface area contributed by atoms with Crippen molar-refractivity contribution in [2.24, 2.45) is 5.92 Å². The number of carbonyl (C=O) groups excluding carboxylic acids is 1. The van der Waals surface area contributed by atoms with Gasteiger partial charge in [-0.25, -0.2) is 4.79 Å². The van der Waals surface area contributed by atoms with Gasteiger partial charge in [0.05, 0.1) is 0 Å². The van der Waals surface area contributed by atoms with E-state index in [1.807, 2.05) is 6.07 Å². The van der Waals surface area contributed by atoms with Crippen LogP contribution in [0.25, 0.3) is 0 Å². The van der Waals surface area contributed by atoms with E-state index in [1.54, 1.807) is 11.1 Å². The van der Waals surface area contributed by atoms with Crippen molar-refractivity contribution in [3.05, 3.63) is 50.6 Å². The third-order valence-electron chi connectivity index (χ3n) is 3.92. The topological polar surface area (TPSA) is 115 Å². The second-order valence-electron chi connectivity index (χ2n) is 5.53. The Kier molecular flexibility index (Phi) is 3.90. The van der Waals surface area contributed by atoms with Crippen LogP contribution in [0.1, 0.15) is 28.9 Å². The Bertz CT molecular complexity index is 761. The second-order valence-corrected chi connectivity index (χ2v) is 5.53. The average Bonchev–Trinajstić information content (AvgIpc) is 3.00. The number of rotatable bonds is 3. The van der Waals surface area contributed by atoms with Crippen molar-refractivity contribution in [3.8, 4) is 0 Å². The smallest absolute Gasteiger partial charge is 0.325 e.